The van der Waals surface area contributed by atoms with Gasteiger partial charge < -0.3 is 4.74 Å². The van der Waals surface area contributed by atoms with E-state index in [1.165, 1.54) is 11.3 Å². The molecule has 0 N–H and O–H groups in total. The van der Waals surface area contributed by atoms with E-state index in [2.05, 4.69) is 4.98 Å². The van der Waals surface area contributed by atoms with E-state index in [-0.39, 0.29) is 11.9 Å². The summed E-state index contributed by atoms with van der Waals surface area (Å²) >= 11 is 1.54. The highest BCUT2D eigenvalue weighted by atomic mass is 32.2. The molecule has 0 saturated carbocycles. The van der Waals surface area contributed by atoms with Gasteiger partial charge in [0.1, 0.15) is 6.10 Å². The Kier molecular flexibility index (Phi) is 4.14. The normalized spacial score (nSPS) is 18.1. The van der Waals surface area contributed by atoms with Crippen LogP contribution >= 0.6 is 11.3 Å². The van der Waals surface area contributed by atoms with Crippen molar-refractivity contribution in [2.45, 2.75) is 25.9 Å². The van der Waals surface area contributed by atoms with Gasteiger partial charge in [0, 0.05) is 13.1 Å². The van der Waals surface area contributed by atoms with Crippen LogP contribution in [0, 0.1) is 0 Å². The van der Waals surface area contributed by atoms with Crippen LogP contribution in [0.15, 0.2) is 24.3 Å². The molecule has 1 aliphatic rings. The van der Waals surface area contributed by atoms with Crippen LogP contribution < -0.4 is 4.74 Å². The molecule has 1 aliphatic heterocycles. The van der Waals surface area contributed by atoms with Gasteiger partial charge in [-0.05, 0) is 31.9 Å². The van der Waals surface area contributed by atoms with Crippen LogP contribution in [-0.4, -0.2) is 42.7 Å². The third-order valence-electron chi connectivity index (χ3n) is 3.70. The lowest BCUT2D eigenvalue weighted by Crippen LogP contribution is -2.42. The van der Waals surface area contributed by atoms with Crippen LogP contribution in [0.25, 0.3) is 10.2 Å². The Hall–Kier alpha value is -1.18. The van der Waals surface area contributed by atoms with Gasteiger partial charge >= 0.3 is 0 Å². The van der Waals surface area contributed by atoms with E-state index in [0.29, 0.717) is 18.3 Å². The average molecular weight is 326 g/mol. The summed E-state index contributed by atoms with van der Waals surface area (Å²) in [6.45, 7) is 2.75. The number of piperidine rings is 1. The van der Waals surface area contributed by atoms with Gasteiger partial charge in [-0.15, -0.1) is 0 Å². The first-order valence-electron chi connectivity index (χ1n) is 7.08. The first-order valence-corrected chi connectivity index (χ1v) is 9.51. The number of hydrogen-bond acceptors (Lipinski definition) is 5. The Bertz CT molecular complexity index is 686. The minimum absolute atomic E-state index is 0.0499. The Balaban J connectivity index is 1.63. The third kappa shape index (κ3) is 3.20. The van der Waals surface area contributed by atoms with Gasteiger partial charge in [-0.2, -0.15) is 0 Å². The molecule has 1 aromatic heterocycles. The van der Waals surface area contributed by atoms with Gasteiger partial charge in [0.05, 0.1) is 16.0 Å². The second-order valence-corrected chi connectivity index (χ2v) is 8.32. The van der Waals surface area contributed by atoms with Gasteiger partial charge in [0.2, 0.25) is 10.0 Å². The molecule has 5 nitrogen and oxygen atoms in total. The molecule has 0 radical (unpaired) electrons. The molecule has 7 heteroatoms. The predicted octanol–water partition coefficient (Wildman–Crippen LogP) is 2.49. The fourth-order valence-electron chi connectivity index (χ4n) is 2.45. The van der Waals surface area contributed by atoms with Gasteiger partial charge in [0.25, 0.3) is 5.19 Å². The molecule has 114 valence electrons. The molecule has 0 spiro atoms. The van der Waals surface area contributed by atoms with Crippen molar-refractivity contribution in [3.63, 3.8) is 0 Å². The van der Waals surface area contributed by atoms with E-state index in [0.717, 1.165) is 23.1 Å². The lowest BCUT2D eigenvalue weighted by atomic mass is 10.1. The maximum Gasteiger partial charge on any atom is 0.274 e. The van der Waals surface area contributed by atoms with Crippen LogP contribution in [0.5, 0.6) is 5.19 Å². The van der Waals surface area contributed by atoms with Crippen molar-refractivity contribution >= 4 is 31.6 Å². The second kappa shape index (κ2) is 5.90. The van der Waals surface area contributed by atoms with Crippen molar-refractivity contribution in [1.29, 1.82) is 0 Å². The van der Waals surface area contributed by atoms with E-state index in [1.807, 2.05) is 24.3 Å². The van der Waals surface area contributed by atoms with Crippen LogP contribution in [0.2, 0.25) is 0 Å². The van der Waals surface area contributed by atoms with Crippen molar-refractivity contribution in [1.82, 2.24) is 9.29 Å². The highest BCUT2D eigenvalue weighted by molar-refractivity contribution is 7.89. The standard InChI is InChI=1S/C14H18N2O3S2/c1-2-21(17,18)16-9-7-11(8-10-16)19-14-15-12-5-3-4-6-13(12)20-14/h3-6,11H,2,7-10H2,1H3. The zero-order valence-electron chi connectivity index (χ0n) is 11.9. The summed E-state index contributed by atoms with van der Waals surface area (Å²) < 4.78 is 32.2. The summed E-state index contributed by atoms with van der Waals surface area (Å²) in [7, 11) is -3.07. The Labute approximate surface area is 128 Å². The molecule has 0 amide bonds. The SMILES string of the molecule is CCS(=O)(=O)N1CCC(Oc2nc3ccccc3s2)CC1. The number of rotatable bonds is 4. The summed E-state index contributed by atoms with van der Waals surface area (Å²) in [5, 5.41) is 0.674. The summed E-state index contributed by atoms with van der Waals surface area (Å²) in [5.74, 6) is 0.163. The zero-order valence-corrected chi connectivity index (χ0v) is 13.5. The third-order valence-corrected chi connectivity index (χ3v) is 6.51. The molecule has 2 heterocycles. The maximum absolute atomic E-state index is 11.8. The number of nitrogens with zero attached hydrogens (tertiary/aromatic N) is 2. The summed E-state index contributed by atoms with van der Waals surface area (Å²) in [5.41, 5.74) is 0.948. The number of thiazole rings is 1. The van der Waals surface area contributed by atoms with Gasteiger partial charge in [0.15, 0.2) is 0 Å². The molecule has 1 aromatic carbocycles. The summed E-state index contributed by atoms with van der Waals surface area (Å²) in [6, 6.07) is 7.93. The van der Waals surface area contributed by atoms with Crippen molar-refractivity contribution in [3.05, 3.63) is 24.3 Å². The highest BCUT2D eigenvalue weighted by Crippen LogP contribution is 2.29. The Morgan fingerprint density at radius 2 is 2.05 bits per heavy atom. The van der Waals surface area contributed by atoms with Gasteiger partial charge in [-0.3, -0.25) is 0 Å². The number of ether oxygens (including phenoxy) is 1. The van der Waals surface area contributed by atoms with E-state index < -0.39 is 10.0 Å². The number of sulfonamides is 1. The summed E-state index contributed by atoms with van der Waals surface area (Å²) in [6.07, 6.45) is 1.48. The van der Waals surface area contributed by atoms with E-state index in [4.69, 9.17) is 4.74 Å². The lowest BCUT2D eigenvalue weighted by Gasteiger charge is -2.30. The molecule has 0 aliphatic carbocycles. The van der Waals surface area contributed by atoms with E-state index >= 15 is 0 Å². The minimum Gasteiger partial charge on any atom is -0.467 e. The highest BCUT2D eigenvalue weighted by Gasteiger charge is 2.28. The Morgan fingerprint density at radius 1 is 1.33 bits per heavy atom. The molecule has 21 heavy (non-hydrogen) atoms. The monoisotopic (exact) mass is 326 g/mol. The first-order chi connectivity index (χ1) is 10.1. The fourth-order valence-corrected chi connectivity index (χ4v) is 4.47. The molecule has 0 unspecified atom stereocenters. The van der Waals surface area contributed by atoms with Crippen LogP contribution in [0.1, 0.15) is 19.8 Å². The molecular formula is C14H18N2O3S2. The van der Waals surface area contributed by atoms with E-state index in [1.54, 1.807) is 11.2 Å². The topological polar surface area (TPSA) is 59.5 Å². The van der Waals surface area contributed by atoms with Crippen molar-refractivity contribution in [2.24, 2.45) is 0 Å². The van der Waals surface area contributed by atoms with Crippen LogP contribution in [-0.2, 0) is 10.0 Å². The average Bonchev–Trinajstić information content (AvgIpc) is 2.90. The van der Waals surface area contributed by atoms with Crippen molar-refractivity contribution in [3.8, 4) is 5.19 Å². The summed E-state index contributed by atoms with van der Waals surface area (Å²) in [4.78, 5) is 4.46. The first kappa shape index (κ1) is 14.7. The number of benzene rings is 1. The number of fused-ring (bicyclic) bond motifs is 1. The molecule has 0 atom stereocenters. The Morgan fingerprint density at radius 3 is 2.71 bits per heavy atom. The van der Waals surface area contributed by atoms with Crippen molar-refractivity contribution < 1.29 is 13.2 Å². The molecular weight excluding hydrogens is 308 g/mol. The fraction of sp³-hybridized carbons (Fsp3) is 0.500. The zero-order chi connectivity index (χ0) is 14.9. The van der Waals surface area contributed by atoms with Gasteiger partial charge in [-0.25, -0.2) is 17.7 Å². The van der Waals surface area contributed by atoms with Crippen molar-refractivity contribution in [2.75, 3.05) is 18.8 Å². The quantitative estimate of drug-likeness (QED) is 0.866. The maximum atomic E-state index is 11.8. The number of aromatic nitrogens is 1. The molecule has 2 aromatic rings. The molecule has 3 rings (SSSR count). The van der Waals surface area contributed by atoms with Crippen LogP contribution in [0.4, 0.5) is 0 Å². The second-order valence-electron chi connectivity index (χ2n) is 5.06. The molecule has 1 fully saturated rings. The predicted molar refractivity (Wildman–Crippen MR) is 84.3 cm³/mol. The number of para-hydroxylation sites is 1. The van der Waals surface area contributed by atoms with Crippen LogP contribution in [0.3, 0.4) is 0 Å². The largest absolute Gasteiger partial charge is 0.467 e. The smallest absolute Gasteiger partial charge is 0.274 e. The number of hydrogen-bond donors (Lipinski definition) is 0. The molecule has 0 bridgehead atoms. The lowest BCUT2D eigenvalue weighted by molar-refractivity contribution is 0.135. The van der Waals surface area contributed by atoms with E-state index in [9.17, 15) is 8.42 Å². The minimum atomic E-state index is -3.07. The molecule has 1 saturated heterocycles. The van der Waals surface area contributed by atoms with Gasteiger partial charge in [-0.1, -0.05) is 23.5 Å².